The lowest BCUT2D eigenvalue weighted by Gasteiger charge is -2.08. The molecule has 1 aromatic carbocycles. The standard InChI is InChI=1S/C12H9BrClNO4S2/c13-9-5-7(14)1-3-10(9)15-21(18,19)12-4-2-8(20-12)6-11(16)17/h1-5,15H,6H2,(H,16,17). The smallest absolute Gasteiger partial charge is 0.308 e. The molecule has 0 aliphatic rings. The third-order valence-electron chi connectivity index (χ3n) is 2.40. The van der Waals surface area contributed by atoms with E-state index in [1.807, 2.05) is 0 Å². The highest BCUT2D eigenvalue weighted by atomic mass is 79.9. The van der Waals surface area contributed by atoms with Crippen molar-refractivity contribution in [2.75, 3.05) is 4.72 Å². The highest BCUT2D eigenvalue weighted by molar-refractivity contribution is 9.10. The van der Waals surface area contributed by atoms with Crippen LogP contribution in [0.25, 0.3) is 0 Å². The largest absolute Gasteiger partial charge is 0.481 e. The van der Waals surface area contributed by atoms with Crippen LogP contribution >= 0.6 is 38.9 Å². The Labute approximate surface area is 138 Å². The fraction of sp³-hybridized carbons (Fsp3) is 0.0833. The van der Waals surface area contributed by atoms with Gasteiger partial charge in [-0.05, 0) is 46.3 Å². The maximum absolute atomic E-state index is 12.2. The fourth-order valence-corrected chi connectivity index (χ4v) is 4.85. The predicted molar refractivity (Wildman–Crippen MR) is 85.6 cm³/mol. The van der Waals surface area contributed by atoms with Crippen LogP contribution in [0.2, 0.25) is 5.02 Å². The molecule has 0 radical (unpaired) electrons. The van der Waals surface area contributed by atoms with E-state index in [0.29, 0.717) is 20.1 Å². The van der Waals surface area contributed by atoms with Gasteiger partial charge in [0.05, 0.1) is 12.1 Å². The van der Waals surface area contributed by atoms with Crippen molar-refractivity contribution in [3.05, 3.63) is 44.7 Å². The number of sulfonamides is 1. The number of hydrogen-bond acceptors (Lipinski definition) is 4. The number of nitrogens with one attached hydrogen (secondary N) is 1. The number of carbonyl (C=O) groups is 1. The van der Waals surface area contributed by atoms with E-state index in [1.165, 1.54) is 18.2 Å². The maximum atomic E-state index is 12.2. The van der Waals surface area contributed by atoms with Crippen molar-refractivity contribution in [2.24, 2.45) is 0 Å². The first-order valence-corrected chi connectivity index (χ1v) is 9.03. The van der Waals surface area contributed by atoms with Crippen molar-refractivity contribution in [1.29, 1.82) is 0 Å². The lowest BCUT2D eigenvalue weighted by atomic mass is 10.3. The summed E-state index contributed by atoms with van der Waals surface area (Å²) in [5, 5.41) is 9.18. The molecule has 1 heterocycles. The monoisotopic (exact) mass is 409 g/mol. The summed E-state index contributed by atoms with van der Waals surface area (Å²) in [5.74, 6) is -1.01. The van der Waals surface area contributed by atoms with Crippen molar-refractivity contribution in [1.82, 2.24) is 0 Å². The normalized spacial score (nSPS) is 11.3. The molecule has 21 heavy (non-hydrogen) atoms. The number of thiophene rings is 1. The van der Waals surface area contributed by atoms with E-state index in [-0.39, 0.29) is 10.6 Å². The second-order valence-corrected chi connectivity index (χ2v) is 8.39. The van der Waals surface area contributed by atoms with E-state index >= 15 is 0 Å². The number of carboxylic acids is 1. The molecule has 2 N–H and O–H groups in total. The summed E-state index contributed by atoms with van der Waals surface area (Å²) in [6.45, 7) is 0. The summed E-state index contributed by atoms with van der Waals surface area (Å²) in [6.07, 6.45) is -0.204. The van der Waals surface area contributed by atoms with Gasteiger partial charge in [-0.2, -0.15) is 0 Å². The number of anilines is 1. The molecule has 0 saturated heterocycles. The predicted octanol–water partition coefficient (Wildman–Crippen LogP) is 3.59. The van der Waals surface area contributed by atoms with Gasteiger partial charge in [-0.25, -0.2) is 8.42 Å². The molecule has 112 valence electrons. The van der Waals surface area contributed by atoms with Gasteiger partial charge < -0.3 is 5.11 Å². The van der Waals surface area contributed by atoms with E-state index < -0.39 is 16.0 Å². The molecule has 0 aliphatic carbocycles. The first-order valence-electron chi connectivity index (χ1n) is 5.56. The molecule has 0 unspecified atom stereocenters. The SMILES string of the molecule is O=C(O)Cc1ccc(S(=O)(=O)Nc2ccc(Cl)cc2Br)s1. The summed E-state index contributed by atoms with van der Waals surface area (Å²) in [4.78, 5) is 11.1. The van der Waals surface area contributed by atoms with Crippen molar-refractivity contribution in [3.8, 4) is 0 Å². The van der Waals surface area contributed by atoms with Crippen molar-refractivity contribution >= 4 is 60.5 Å². The van der Waals surface area contributed by atoms with E-state index in [1.54, 1.807) is 12.1 Å². The topological polar surface area (TPSA) is 83.5 Å². The van der Waals surface area contributed by atoms with Crippen LogP contribution in [0.15, 0.2) is 39.0 Å². The van der Waals surface area contributed by atoms with Gasteiger partial charge in [-0.1, -0.05) is 11.6 Å². The summed E-state index contributed by atoms with van der Waals surface area (Å²) < 4.78 is 27.5. The minimum atomic E-state index is -3.76. The molecule has 5 nitrogen and oxygen atoms in total. The highest BCUT2D eigenvalue weighted by Gasteiger charge is 2.19. The third kappa shape index (κ3) is 4.19. The summed E-state index contributed by atoms with van der Waals surface area (Å²) in [7, 11) is -3.76. The molecule has 0 aliphatic heterocycles. The third-order valence-corrected chi connectivity index (χ3v) is 6.24. The van der Waals surface area contributed by atoms with Crippen molar-refractivity contribution < 1.29 is 18.3 Å². The fourth-order valence-electron chi connectivity index (χ4n) is 1.51. The van der Waals surface area contributed by atoms with Gasteiger partial charge in [0.15, 0.2) is 0 Å². The molecule has 1 aromatic heterocycles. The van der Waals surface area contributed by atoms with Gasteiger partial charge >= 0.3 is 5.97 Å². The molecule has 2 aromatic rings. The van der Waals surface area contributed by atoms with E-state index in [4.69, 9.17) is 16.7 Å². The Balaban J connectivity index is 2.25. The number of aliphatic carboxylic acids is 1. The Morgan fingerprint density at radius 3 is 2.67 bits per heavy atom. The van der Waals surface area contributed by atoms with Gasteiger partial charge in [0.2, 0.25) is 0 Å². The lowest BCUT2D eigenvalue weighted by molar-refractivity contribution is -0.136. The molecular weight excluding hydrogens is 402 g/mol. The lowest BCUT2D eigenvalue weighted by Crippen LogP contribution is -2.11. The Kier molecular flexibility index (Phi) is 4.92. The molecule has 0 bridgehead atoms. The number of hydrogen-bond donors (Lipinski definition) is 2. The molecule has 0 amide bonds. The molecule has 9 heteroatoms. The molecular formula is C12H9BrClNO4S2. The average molecular weight is 411 g/mol. The minimum absolute atomic E-state index is 0.0561. The zero-order valence-electron chi connectivity index (χ0n) is 10.3. The van der Waals surface area contributed by atoms with Crippen LogP contribution in [0.4, 0.5) is 5.69 Å². The molecule has 0 saturated carbocycles. The van der Waals surface area contributed by atoms with Gasteiger partial charge in [0, 0.05) is 14.4 Å². The average Bonchev–Trinajstić information content (AvgIpc) is 2.81. The highest BCUT2D eigenvalue weighted by Crippen LogP contribution is 2.30. The first-order chi connectivity index (χ1) is 9.78. The van der Waals surface area contributed by atoms with Gasteiger partial charge in [0.1, 0.15) is 4.21 Å². The number of rotatable bonds is 5. The molecule has 0 fully saturated rings. The van der Waals surface area contributed by atoms with Crippen LogP contribution in [-0.4, -0.2) is 19.5 Å². The van der Waals surface area contributed by atoms with Crippen molar-refractivity contribution in [3.63, 3.8) is 0 Å². The van der Waals surface area contributed by atoms with Crippen LogP contribution in [0.1, 0.15) is 4.88 Å². The summed E-state index contributed by atoms with van der Waals surface area (Å²) >= 11 is 9.94. The van der Waals surface area contributed by atoms with E-state index in [2.05, 4.69) is 20.7 Å². The zero-order chi connectivity index (χ0) is 15.6. The van der Waals surface area contributed by atoms with Gasteiger partial charge in [-0.3, -0.25) is 9.52 Å². The van der Waals surface area contributed by atoms with Crippen LogP contribution in [0, 0.1) is 0 Å². The summed E-state index contributed by atoms with van der Waals surface area (Å²) in [5.41, 5.74) is 0.354. The second kappa shape index (κ2) is 6.35. The van der Waals surface area contributed by atoms with E-state index in [9.17, 15) is 13.2 Å². The first kappa shape index (κ1) is 16.3. The minimum Gasteiger partial charge on any atom is -0.481 e. The molecule has 0 spiro atoms. The Bertz CT molecular complexity index is 788. The van der Waals surface area contributed by atoms with Gasteiger partial charge in [0.25, 0.3) is 10.0 Å². The number of benzene rings is 1. The van der Waals surface area contributed by atoms with Gasteiger partial charge in [-0.15, -0.1) is 11.3 Å². The Morgan fingerprint density at radius 2 is 2.05 bits per heavy atom. The second-order valence-electron chi connectivity index (χ2n) is 4.02. The number of halogens is 2. The van der Waals surface area contributed by atoms with Crippen LogP contribution in [0.5, 0.6) is 0 Å². The maximum Gasteiger partial charge on any atom is 0.308 e. The number of carboxylic acid groups (broad SMARTS) is 1. The van der Waals surface area contributed by atoms with Crippen LogP contribution in [-0.2, 0) is 21.2 Å². The molecule has 2 rings (SSSR count). The Morgan fingerprint density at radius 1 is 1.33 bits per heavy atom. The van der Waals surface area contributed by atoms with Crippen LogP contribution < -0.4 is 4.72 Å². The van der Waals surface area contributed by atoms with Crippen molar-refractivity contribution in [2.45, 2.75) is 10.6 Å². The quantitative estimate of drug-likeness (QED) is 0.789. The van der Waals surface area contributed by atoms with Crippen LogP contribution in [0.3, 0.4) is 0 Å². The van der Waals surface area contributed by atoms with E-state index in [0.717, 1.165) is 11.3 Å². The Hall–Kier alpha value is -1.09. The summed E-state index contributed by atoms with van der Waals surface area (Å²) in [6, 6.07) is 7.55. The zero-order valence-corrected chi connectivity index (χ0v) is 14.3. The molecule has 0 atom stereocenters.